The van der Waals surface area contributed by atoms with Crippen LogP contribution in [0.1, 0.15) is 0 Å². The number of aromatic nitrogens is 4. The molecule has 0 saturated carbocycles. The minimum Gasteiger partial charge on any atom is -0.456 e. The average molecular weight is 717 g/mol. The SMILES string of the molecule is c1ccc(-c2ccc(-c3cccc(-c4nc(-c5ccc6c7ccccc7n(-c7ccccc7)c6c5)nc(-c5cccc6oc7ccccc7c56)n4)c3)cc2)cc1. The van der Waals surface area contributed by atoms with Crippen LogP contribution >= 0.6 is 0 Å². The summed E-state index contributed by atoms with van der Waals surface area (Å²) in [5.74, 6) is 1.78. The molecule has 262 valence electrons. The number of rotatable bonds is 6. The van der Waals surface area contributed by atoms with Crippen LogP contribution in [-0.4, -0.2) is 19.5 Å². The molecule has 0 radical (unpaired) electrons. The van der Waals surface area contributed by atoms with Gasteiger partial charge in [-0.2, -0.15) is 0 Å². The number of fused-ring (bicyclic) bond motifs is 6. The second kappa shape index (κ2) is 13.0. The molecule has 0 spiro atoms. The van der Waals surface area contributed by atoms with Crippen molar-refractivity contribution < 1.29 is 4.42 Å². The number of para-hydroxylation sites is 3. The van der Waals surface area contributed by atoms with Crippen molar-refractivity contribution in [1.82, 2.24) is 19.5 Å². The molecule has 0 amide bonds. The van der Waals surface area contributed by atoms with Crippen LogP contribution in [0.15, 0.2) is 199 Å². The van der Waals surface area contributed by atoms with Gasteiger partial charge in [0.05, 0.1) is 11.0 Å². The summed E-state index contributed by atoms with van der Waals surface area (Å²) in [6, 6.07) is 67.5. The quantitative estimate of drug-likeness (QED) is 0.172. The Kier molecular flexibility index (Phi) is 7.42. The van der Waals surface area contributed by atoms with E-state index in [2.05, 4.69) is 162 Å². The van der Waals surface area contributed by atoms with Gasteiger partial charge in [-0.05, 0) is 64.7 Å². The largest absolute Gasteiger partial charge is 0.456 e. The minimum absolute atomic E-state index is 0.587. The van der Waals surface area contributed by atoms with Crippen molar-refractivity contribution in [1.29, 1.82) is 0 Å². The van der Waals surface area contributed by atoms with Crippen LogP contribution in [0.25, 0.3) is 106 Å². The molecule has 0 fully saturated rings. The number of furan rings is 1. The Balaban J connectivity index is 1.11. The first-order valence-corrected chi connectivity index (χ1v) is 18.8. The van der Waals surface area contributed by atoms with Crippen LogP contribution in [0, 0.1) is 0 Å². The van der Waals surface area contributed by atoms with Crippen molar-refractivity contribution in [2.45, 2.75) is 0 Å². The zero-order valence-electron chi connectivity index (χ0n) is 30.2. The van der Waals surface area contributed by atoms with Crippen molar-refractivity contribution >= 4 is 43.7 Å². The Bertz CT molecular complexity index is 3240. The maximum Gasteiger partial charge on any atom is 0.164 e. The molecule has 5 nitrogen and oxygen atoms in total. The van der Waals surface area contributed by atoms with Gasteiger partial charge in [0.25, 0.3) is 0 Å². The van der Waals surface area contributed by atoms with Crippen molar-refractivity contribution in [2.75, 3.05) is 0 Å². The Hall–Kier alpha value is -7.63. The molecule has 0 aliphatic rings. The van der Waals surface area contributed by atoms with E-state index in [0.29, 0.717) is 17.5 Å². The maximum absolute atomic E-state index is 6.30. The fourth-order valence-electron chi connectivity index (χ4n) is 8.00. The van der Waals surface area contributed by atoms with E-state index in [0.717, 1.165) is 66.5 Å². The first kappa shape index (κ1) is 31.9. The third-order valence-electron chi connectivity index (χ3n) is 10.7. The summed E-state index contributed by atoms with van der Waals surface area (Å²) in [4.78, 5) is 15.7. The molecule has 56 heavy (non-hydrogen) atoms. The van der Waals surface area contributed by atoms with Crippen LogP contribution < -0.4 is 0 Å². The van der Waals surface area contributed by atoms with Gasteiger partial charge in [-0.1, -0.05) is 152 Å². The molecule has 0 unspecified atom stereocenters. The van der Waals surface area contributed by atoms with Crippen molar-refractivity contribution in [3.8, 4) is 62.1 Å². The topological polar surface area (TPSA) is 56.7 Å². The Morgan fingerprint density at radius 2 is 0.875 bits per heavy atom. The molecule has 0 atom stereocenters. The zero-order valence-corrected chi connectivity index (χ0v) is 30.2. The van der Waals surface area contributed by atoms with E-state index in [9.17, 15) is 0 Å². The van der Waals surface area contributed by atoms with E-state index in [-0.39, 0.29) is 0 Å². The summed E-state index contributed by atoms with van der Waals surface area (Å²) in [6.07, 6.45) is 0. The van der Waals surface area contributed by atoms with E-state index in [1.54, 1.807) is 0 Å². The highest BCUT2D eigenvalue weighted by Crippen LogP contribution is 2.38. The predicted molar refractivity (Wildman–Crippen MR) is 229 cm³/mol. The second-order valence-electron chi connectivity index (χ2n) is 14.0. The molecular weight excluding hydrogens is 685 g/mol. The molecule has 0 aliphatic heterocycles. The number of nitrogens with zero attached hydrogens (tertiary/aromatic N) is 4. The third-order valence-corrected chi connectivity index (χ3v) is 10.7. The van der Waals surface area contributed by atoms with Gasteiger partial charge in [-0.15, -0.1) is 0 Å². The molecule has 0 aliphatic carbocycles. The third kappa shape index (κ3) is 5.37. The standard InChI is InChI=1S/C51H32N4O/c1-3-13-33(14-4-1)34-25-27-35(28-26-34)36-15-11-16-37(31-36)49-52-50(54-51(53-49)43-21-12-24-47-48(43)42-20-8-10-23-46(42)56-47)38-29-30-41-40-19-7-9-22-44(40)55(45(41)32-38)39-17-5-2-6-18-39/h1-32H. The molecule has 5 heteroatoms. The first-order chi connectivity index (χ1) is 27.7. The lowest BCUT2D eigenvalue weighted by Crippen LogP contribution is -2.01. The lowest BCUT2D eigenvalue weighted by atomic mass is 9.99. The number of hydrogen-bond acceptors (Lipinski definition) is 4. The molecule has 8 aromatic carbocycles. The normalized spacial score (nSPS) is 11.6. The molecular formula is C51H32N4O. The summed E-state index contributed by atoms with van der Waals surface area (Å²) in [7, 11) is 0. The van der Waals surface area contributed by atoms with E-state index in [1.807, 2.05) is 36.4 Å². The van der Waals surface area contributed by atoms with Crippen molar-refractivity contribution in [3.63, 3.8) is 0 Å². The fraction of sp³-hybridized carbons (Fsp3) is 0. The summed E-state index contributed by atoms with van der Waals surface area (Å²) in [5.41, 5.74) is 12.2. The number of benzene rings is 8. The van der Waals surface area contributed by atoms with Gasteiger partial charge in [0.15, 0.2) is 17.5 Å². The van der Waals surface area contributed by atoms with Gasteiger partial charge in [0, 0.05) is 43.9 Å². The average Bonchev–Trinajstić information content (AvgIpc) is 3.83. The predicted octanol–water partition coefficient (Wildman–Crippen LogP) is 13.2. The summed E-state index contributed by atoms with van der Waals surface area (Å²) in [5, 5.41) is 4.37. The molecule has 11 aromatic rings. The Morgan fingerprint density at radius 3 is 1.68 bits per heavy atom. The summed E-state index contributed by atoms with van der Waals surface area (Å²) in [6.45, 7) is 0. The maximum atomic E-state index is 6.30. The van der Waals surface area contributed by atoms with Gasteiger partial charge in [0.2, 0.25) is 0 Å². The smallest absolute Gasteiger partial charge is 0.164 e. The minimum atomic E-state index is 0.587. The molecule has 3 aromatic heterocycles. The van der Waals surface area contributed by atoms with Gasteiger partial charge in [-0.25, -0.2) is 15.0 Å². The van der Waals surface area contributed by atoms with E-state index >= 15 is 0 Å². The summed E-state index contributed by atoms with van der Waals surface area (Å²) >= 11 is 0. The lowest BCUT2D eigenvalue weighted by Gasteiger charge is -2.11. The lowest BCUT2D eigenvalue weighted by molar-refractivity contribution is 0.669. The molecule has 0 saturated heterocycles. The fourth-order valence-corrected chi connectivity index (χ4v) is 8.00. The van der Waals surface area contributed by atoms with E-state index < -0.39 is 0 Å². The van der Waals surface area contributed by atoms with Crippen LogP contribution in [0.4, 0.5) is 0 Å². The Morgan fingerprint density at radius 1 is 0.339 bits per heavy atom. The zero-order chi connectivity index (χ0) is 37.0. The van der Waals surface area contributed by atoms with Crippen LogP contribution in [0.2, 0.25) is 0 Å². The highest BCUT2D eigenvalue weighted by Gasteiger charge is 2.19. The van der Waals surface area contributed by atoms with Crippen LogP contribution in [-0.2, 0) is 0 Å². The molecule has 0 bridgehead atoms. The van der Waals surface area contributed by atoms with E-state index in [1.165, 1.54) is 21.9 Å². The van der Waals surface area contributed by atoms with Crippen LogP contribution in [0.5, 0.6) is 0 Å². The first-order valence-electron chi connectivity index (χ1n) is 18.8. The highest BCUT2D eigenvalue weighted by atomic mass is 16.3. The van der Waals surface area contributed by atoms with Crippen molar-refractivity contribution in [2.24, 2.45) is 0 Å². The van der Waals surface area contributed by atoms with Crippen LogP contribution in [0.3, 0.4) is 0 Å². The number of hydrogen-bond donors (Lipinski definition) is 0. The monoisotopic (exact) mass is 716 g/mol. The molecule has 3 heterocycles. The Labute approximate surface area is 322 Å². The van der Waals surface area contributed by atoms with Gasteiger partial charge in [0.1, 0.15) is 11.2 Å². The van der Waals surface area contributed by atoms with Crippen molar-refractivity contribution in [3.05, 3.63) is 194 Å². The molecule has 11 rings (SSSR count). The summed E-state index contributed by atoms with van der Waals surface area (Å²) < 4.78 is 8.63. The highest BCUT2D eigenvalue weighted by molar-refractivity contribution is 6.12. The van der Waals surface area contributed by atoms with Gasteiger partial charge in [-0.3, -0.25) is 0 Å². The molecule has 0 N–H and O–H groups in total. The van der Waals surface area contributed by atoms with E-state index in [4.69, 9.17) is 19.4 Å². The van der Waals surface area contributed by atoms with Gasteiger partial charge < -0.3 is 8.98 Å². The van der Waals surface area contributed by atoms with Gasteiger partial charge >= 0.3 is 0 Å². The second-order valence-corrected chi connectivity index (χ2v) is 14.0.